The highest BCUT2D eigenvalue weighted by atomic mass is 16.5. The van der Waals surface area contributed by atoms with Gasteiger partial charge in [0.1, 0.15) is 6.10 Å². The third-order valence-corrected chi connectivity index (χ3v) is 17.1. The molecule has 9 heteroatoms. The Kier molecular flexibility index (Phi) is 9.56. The van der Waals surface area contributed by atoms with Crippen molar-refractivity contribution in [3.8, 4) is 0 Å². The Morgan fingerprint density at radius 1 is 0.824 bits per heavy atom. The monoisotopic (exact) mass is 710 g/mol. The topological polar surface area (TPSA) is 130 Å². The zero-order valence-electron chi connectivity index (χ0n) is 32.9. The van der Waals surface area contributed by atoms with Crippen LogP contribution in [0, 0.1) is 62.1 Å². The van der Waals surface area contributed by atoms with E-state index in [1.165, 1.54) is 18.4 Å². The minimum atomic E-state index is -1.15. The van der Waals surface area contributed by atoms with Crippen molar-refractivity contribution in [1.82, 2.24) is 9.80 Å². The number of primary amides is 1. The molecule has 3 N–H and O–H groups in total. The number of ether oxygens (including phenoxy) is 1. The van der Waals surface area contributed by atoms with Gasteiger partial charge in [0, 0.05) is 38.0 Å². The molecule has 0 aromatic rings. The Bertz CT molecular complexity index is 1450. The van der Waals surface area contributed by atoms with Crippen LogP contribution in [0.1, 0.15) is 132 Å². The molecule has 0 aromatic carbocycles. The second kappa shape index (κ2) is 12.8. The van der Waals surface area contributed by atoms with E-state index in [2.05, 4.69) is 48.1 Å². The number of esters is 1. The van der Waals surface area contributed by atoms with Crippen molar-refractivity contribution in [1.29, 1.82) is 0 Å². The van der Waals surface area contributed by atoms with Crippen molar-refractivity contribution in [3.05, 3.63) is 12.2 Å². The Morgan fingerprint density at radius 2 is 1.47 bits per heavy atom. The Hall–Kier alpha value is -2.58. The van der Waals surface area contributed by atoms with Crippen LogP contribution in [0.3, 0.4) is 0 Å². The number of aliphatic carboxylic acids is 1. The summed E-state index contributed by atoms with van der Waals surface area (Å²) in [6.45, 7) is 24.4. The molecule has 0 spiro atoms. The smallest absolute Gasteiger partial charge is 0.314 e. The van der Waals surface area contributed by atoms with Gasteiger partial charge in [-0.1, -0.05) is 46.8 Å². The third kappa shape index (κ3) is 5.93. The number of rotatable bonds is 7. The fourth-order valence-corrected chi connectivity index (χ4v) is 14.0. The van der Waals surface area contributed by atoms with Crippen LogP contribution in [0.5, 0.6) is 0 Å². The number of hydrogen-bond acceptors (Lipinski definition) is 5. The van der Waals surface area contributed by atoms with Gasteiger partial charge in [-0.05, 0) is 136 Å². The number of piperazine rings is 1. The number of hydrogen-bond donors (Lipinski definition) is 2. The predicted octanol–water partition coefficient (Wildman–Crippen LogP) is 7.67. The van der Waals surface area contributed by atoms with Crippen molar-refractivity contribution in [2.45, 2.75) is 139 Å². The molecule has 10 atom stereocenters. The Labute approximate surface area is 306 Å². The van der Waals surface area contributed by atoms with Crippen LogP contribution in [-0.4, -0.2) is 71.1 Å². The van der Waals surface area contributed by atoms with Crippen molar-refractivity contribution >= 4 is 23.9 Å². The van der Waals surface area contributed by atoms with Gasteiger partial charge in [0.05, 0.1) is 11.8 Å². The second-order valence-electron chi connectivity index (χ2n) is 20.1. The summed E-state index contributed by atoms with van der Waals surface area (Å²) in [6, 6.07) is -0.406. The van der Waals surface area contributed by atoms with E-state index in [0.29, 0.717) is 62.2 Å². The van der Waals surface area contributed by atoms with E-state index in [-0.39, 0.29) is 45.5 Å². The molecule has 0 aromatic heterocycles. The van der Waals surface area contributed by atoms with Crippen molar-refractivity contribution in [3.63, 3.8) is 0 Å². The van der Waals surface area contributed by atoms with Crippen molar-refractivity contribution < 1.29 is 29.0 Å². The first-order chi connectivity index (χ1) is 23.6. The van der Waals surface area contributed by atoms with Gasteiger partial charge in [0.2, 0.25) is 5.91 Å². The highest BCUT2D eigenvalue weighted by molar-refractivity contribution is 5.81. The zero-order chi connectivity index (χ0) is 37.5. The van der Waals surface area contributed by atoms with E-state index in [1.54, 1.807) is 18.7 Å². The third-order valence-electron chi connectivity index (χ3n) is 17.1. The predicted molar refractivity (Wildman–Crippen MR) is 197 cm³/mol. The molecule has 0 bridgehead atoms. The lowest BCUT2D eigenvalue weighted by molar-refractivity contribution is -0.250. The summed E-state index contributed by atoms with van der Waals surface area (Å²) >= 11 is 0. The van der Waals surface area contributed by atoms with Gasteiger partial charge in [-0.3, -0.25) is 14.4 Å². The molecule has 51 heavy (non-hydrogen) atoms. The minimum absolute atomic E-state index is 0.00483. The van der Waals surface area contributed by atoms with Gasteiger partial charge < -0.3 is 25.4 Å². The van der Waals surface area contributed by atoms with Crippen LogP contribution < -0.4 is 5.73 Å². The van der Waals surface area contributed by atoms with E-state index < -0.39 is 23.4 Å². The summed E-state index contributed by atoms with van der Waals surface area (Å²) in [5.74, 6) is 1.27. The number of carboxylic acid groups (broad SMARTS) is 1. The maximum atomic E-state index is 14.1. The molecule has 6 fully saturated rings. The van der Waals surface area contributed by atoms with Crippen LogP contribution >= 0.6 is 0 Å². The molecule has 5 aliphatic carbocycles. The van der Waals surface area contributed by atoms with Crippen molar-refractivity contribution in [2.24, 2.45) is 67.8 Å². The number of carboxylic acids is 1. The molecule has 1 saturated heterocycles. The lowest BCUT2D eigenvalue weighted by Gasteiger charge is -2.73. The largest absolute Gasteiger partial charge is 0.481 e. The molecule has 1 heterocycles. The van der Waals surface area contributed by atoms with Gasteiger partial charge in [-0.15, -0.1) is 0 Å². The average molecular weight is 710 g/mol. The molecule has 0 unspecified atom stereocenters. The number of amides is 3. The molecular weight excluding hydrogens is 642 g/mol. The molecule has 1 aliphatic heterocycles. The standard InChI is InChI=1S/C42H67N3O6/c1-26(2)27-12-17-42(24-32(46)44-20-22-45(23-21-44)36(43)50)19-18-40(8)28(34(27)42)10-11-30-39(7)15-14-31(51-33(47)25-37(3,4)35(48)49)38(5,6)29(39)13-16-41(30,40)9/h27-31,34H,1,10-25H2,2-9H3,(H2,43,50)(H,48,49)/t27-,28+,29-,30+,31-,34+,39-,40+,41+,42+/m0/s1. The fourth-order valence-electron chi connectivity index (χ4n) is 14.0. The number of fused-ring (bicyclic) bond motifs is 7. The summed E-state index contributed by atoms with van der Waals surface area (Å²) in [5, 5.41) is 9.60. The molecule has 286 valence electrons. The first-order valence-corrected chi connectivity index (χ1v) is 20.0. The average Bonchev–Trinajstić information content (AvgIpc) is 3.42. The first kappa shape index (κ1) is 38.2. The van der Waals surface area contributed by atoms with E-state index in [9.17, 15) is 24.3 Å². The zero-order valence-corrected chi connectivity index (χ0v) is 32.9. The fraction of sp³-hybridized carbons (Fsp3) is 0.857. The number of nitrogens with two attached hydrogens (primary N) is 1. The summed E-state index contributed by atoms with van der Waals surface area (Å²) < 4.78 is 6.17. The van der Waals surface area contributed by atoms with Crippen LogP contribution in [0.15, 0.2) is 12.2 Å². The van der Waals surface area contributed by atoms with Gasteiger partial charge >= 0.3 is 18.0 Å². The molecule has 0 radical (unpaired) electrons. The Balaban J connectivity index is 1.23. The van der Waals surface area contributed by atoms with E-state index in [1.807, 2.05) is 4.90 Å². The number of allylic oxidation sites excluding steroid dienone is 1. The highest BCUT2D eigenvalue weighted by Gasteiger charge is 2.71. The van der Waals surface area contributed by atoms with E-state index in [0.717, 1.165) is 51.4 Å². The molecular formula is C42H67N3O6. The molecule has 6 aliphatic rings. The number of urea groups is 1. The van der Waals surface area contributed by atoms with E-state index in [4.69, 9.17) is 10.5 Å². The summed E-state index contributed by atoms with van der Waals surface area (Å²) in [7, 11) is 0. The maximum absolute atomic E-state index is 14.1. The van der Waals surface area contributed by atoms with Gasteiger partial charge in [0.15, 0.2) is 0 Å². The molecule has 9 nitrogen and oxygen atoms in total. The quantitative estimate of drug-likeness (QED) is 0.206. The Morgan fingerprint density at radius 3 is 2.08 bits per heavy atom. The molecule has 3 amide bonds. The van der Waals surface area contributed by atoms with Crippen molar-refractivity contribution in [2.75, 3.05) is 26.2 Å². The highest BCUT2D eigenvalue weighted by Crippen LogP contribution is 2.78. The number of nitrogens with zero attached hydrogens (tertiary/aromatic N) is 2. The molecule has 6 rings (SSSR count). The summed E-state index contributed by atoms with van der Waals surface area (Å²) in [6.07, 6.45) is 11.2. The van der Waals surface area contributed by atoms with Crippen LogP contribution in [0.25, 0.3) is 0 Å². The lowest BCUT2D eigenvalue weighted by Crippen LogP contribution is -2.67. The summed E-state index contributed by atoms with van der Waals surface area (Å²) in [5.41, 5.74) is 5.87. The normalized spacial score (nSPS) is 41.7. The van der Waals surface area contributed by atoms with Gasteiger partial charge in [-0.25, -0.2) is 4.79 Å². The summed E-state index contributed by atoms with van der Waals surface area (Å²) in [4.78, 5) is 54.2. The van der Waals surface area contributed by atoms with E-state index >= 15 is 0 Å². The second-order valence-corrected chi connectivity index (χ2v) is 20.1. The lowest BCUT2D eigenvalue weighted by atomic mass is 9.32. The van der Waals surface area contributed by atoms with Crippen LogP contribution in [0.2, 0.25) is 0 Å². The van der Waals surface area contributed by atoms with Crippen LogP contribution in [-0.2, 0) is 19.1 Å². The number of carbonyl (C=O) groups excluding carboxylic acids is 3. The minimum Gasteiger partial charge on any atom is -0.481 e. The maximum Gasteiger partial charge on any atom is 0.314 e. The number of carbonyl (C=O) groups is 4. The van der Waals surface area contributed by atoms with Crippen LogP contribution in [0.4, 0.5) is 4.79 Å². The first-order valence-electron chi connectivity index (χ1n) is 20.0. The SMILES string of the molecule is C=C(C)[C@@H]1CC[C@]2(CC(=O)N3CCN(C(N)=O)CC3)CC[C@]3(C)[C@H](CC[C@@H]4[C@@]5(C)CC[C@H](OC(=O)CC(C)(C)C(=O)O)C(C)(C)[C@@H]5CC[C@]43C)[C@@H]12. The molecule has 5 saturated carbocycles. The van der Waals surface area contributed by atoms with Gasteiger partial charge in [0.25, 0.3) is 0 Å². The van der Waals surface area contributed by atoms with Gasteiger partial charge in [-0.2, -0.15) is 0 Å².